The summed E-state index contributed by atoms with van der Waals surface area (Å²) in [7, 11) is 2.06. The Hall–Kier alpha value is -1.57. The van der Waals surface area contributed by atoms with Crippen LogP contribution in [0.5, 0.6) is 0 Å². The molecule has 19 heavy (non-hydrogen) atoms. The first-order valence-electron chi connectivity index (χ1n) is 7.11. The van der Waals surface area contributed by atoms with Gasteiger partial charge in [0.2, 0.25) is 0 Å². The average molecular weight is 255 g/mol. The molecule has 2 aliphatic rings. The van der Waals surface area contributed by atoms with Crippen molar-refractivity contribution in [2.75, 3.05) is 11.9 Å². The van der Waals surface area contributed by atoms with Crippen LogP contribution in [0.15, 0.2) is 36.0 Å². The van der Waals surface area contributed by atoms with Gasteiger partial charge in [0.25, 0.3) is 0 Å². The van der Waals surface area contributed by atoms with E-state index < -0.39 is 0 Å². The Kier molecular flexibility index (Phi) is 2.77. The van der Waals surface area contributed by atoms with Gasteiger partial charge in [-0.15, -0.1) is 0 Å². The Morgan fingerprint density at radius 2 is 2.00 bits per heavy atom. The summed E-state index contributed by atoms with van der Waals surface area (Å²) < 4.78 is 0. The van der Waals surface area contributed by atoms with E-state index in [1.807, 2.05) is 6.08 Å². The standard InChI is InChI=1S/C17H21NO/c1-17(2)13-9-4-5-10-14(13)18(3)16(17)11-15(19)12-7-6-8-12/h4-5,9-12H,6-8H2,1-3H3/b16-11-. The van der Waals surface area contributed by atoms with E-state index in [9.17, 15) is 4.79 Å². The van der Waals surface area contributed by atoms with Gasteiger partial charge in [0, 0.05) is 35.8 Å². The van der Waals surface area contributed by atoms with E-state index in [2.05, 4.69) is 50.1 Å². The lowest BCUT2D eigenvalue weighted by atomic mass is 9.79. The van der Waals surface area contributed by atoms with Gasteiger partial charge in [0.05, 0.1) is 0 Å². The van der Waals surface area contributed by atoms with E-state index >= 15 is 0 Å². The molecule has 0 N–H and O–H groups in total. The van der Waals surface area contributed by atoms with Gasteiger partial charge in [-0.1, -0.05) is 38.5 Å². The number of anilines is 1. The van der Waals surface area contributed by atoms with Crippen LogP contribution in [0, 0.1) is 5.92 Å². The molecule has 1 heterocycles. The van der Waals surface area contributed by atoms with Crippen LogP contribution in [-0.4, -0.2) is 12.8 Å². The number of likely N-dealkylation sites (N-methyl/N-ethyl adjacent to an activating group) is 1. The van der Waals surface area contributed by atoms with E-state index in [1.54, 1.807) is 0 Å². The first kappa shape index (κ1) is 12.5. The number of carbonyl (C=O) groups excluding carboxylic acids is 1. The van der Waals surface area contributed by atoms with E-state index in [-0.39, 0.29) is 11.3 Å². The smallest absolute Gasteiger partial charge is 0.160 e. The third-order valence-corrected chi connectivity index (χ3v) is 4.73. The fraction of sp³-hybridized carbons (Fsp3) is 0.471. The molecular formula is C17H21NO. The summed E-state index contributed by atoms with van der Waals surface area (Å²) in [6.07, 6.45) is 5.24. The van der Waals surface area contributed by atoms with Crippen LogP contribution >= 0.6 is 0 Å². The maximum Gasteiger partial charge on any atom is 0.160 e. The van der Waals surface area contributed by atoms with Crippen LogP contribution in [0.4, 0.5) is 5.69 Å². The molecular weight excluding hydrogens is 234 g/mol. The number of nitrogens with zero attached hydrogens (tertiary/aromatic N) is 1. The lowest BCUT2D eigenvalue weighted by Gasteiger charge is -2.27. The molecule has 2 heteroatoms. The fourth-order valence-electron chi connectivity index (χ4n) is 3.20. The van der Waals surface area contributed by atoms with Gasteiger partial charge in [0.1, 0.15) is 0 Å². The number of rotatable bonds is 2. The van der Waals surface area contributed by atoms with Gasteiger partial charge < -0.3 is 4.90 Å². The second kappa shape index (κ2) is 4.22. The van der Waals surface area contributed by atoms with Gasteiger partial charge in [0.15, 0.2) is 5.78 Å². The molecule has 1 aromatic rings. The third-order valence-electron chi connectivity index (χ3n) is 4.73. The average Bonchev–Trinajstić information content (AvgIpc) is 2.49. The predicted molar refractivity (Wildman–Crippen MR) is 78.3 cm³/mol. The first-order valence-corrected chi connectivity index (χ1v) is 7.11. The second-order valence-corrected chi connectivity index (χ2v) is 6.26. The summed E-state index contributed by atoms with van der Waals surface area (Å²) in [6.45, 7) is 4.41. The minimum absolute atomic E-state index is 0.0786. The number of carbonyl (C=O) groups is 1. The van der Waals surface area contributed by atoms with Gasteiger partial charge in [-0.2, -0.15) is 0 Å². The maximum atomic E-state index is 12.3. The van der Waals surface area contributed by atoms with Crippen molar-refractivity contribution in [2.45, 2.75) is 38.5 Å². The highest BCUT2D eigenvalue weighted by atomic mass is 16.1. The molecule has 3 rings (SSSR count). The van der Waals surface area contributed by atoms with Crippen molar-refractivity contribution in [3.8, 4) is 0 Å². The minimum atomic E-state index is -0.0786. The summed E-state index contributed by atoms with van der Waals surface area (Å²) in [6, 6.07) is 8.43. The molecule has 2 nitrogen and oxygen atoms in total. The number of hydrogen-bond acceptors (Lipinski definition) is 2. The van der Waals surface area contributed by atoms with E-state index in [0.29, 0.717) is 5.78 Å². The molecule has 0 aromatic heterocycles. The molecule has 1 fully saturated rings. The molecule has 0 unspecified atom stereocenters. The monoisotopic (exact) mass is 255 g/mol. The van der Waals surface area contributed by atoms with Gasteiger partial charge in [-0.3, -0.25) is 4.79 Å². The molecule has 100 valence electrons. The van der Waals surface area contributed by atoms with Crippen LogP contribution in [0.1, 0.15) is 38.7 Å². The zero-order valence-electron chi connectivity index (χ0n) is 11.9. The molecule has 0 spiro atoms. The van der Waals surface area contributed by atoms with Crippen LogP contribution in [-0.2, 0) is 10.2 Å². The lowest BCUT2D eigenvalue weighted by Crippen LogP contribution is -2.27. The molecule has 0 amide bonds. The second-order valence-electron chi connectivity index (χ2n) is 6.26. The first-order chi connectivity index (χ1) is 9.01. The highest BCUT2D eigenvalue weighted by Gasteiger charge is 2.39. The zero-order chi connectivity index (χ0) is 13.6. The van der Waals surface area contributed by atoms with Gasteiger partial charge >= 0.3 is 0 Å². The number of fused-ring (bicyclic) bond motifs is 1. The molecule has 1 saturated carbocycles. The normalized spacial score (nSPS) is 23.3. The molecule has 0 atom stereocenters. The van der Waals surface area contributed by atoms with Crippen molar-refractivity contribution in [1.82, 2.24) is 0 Å². The van der Waals surface area contributed by atoms with Crippen molar-refractivity contribution in [1.29, 1.82) is 0 Å². The van der Waals surface area contributed by atoms with E-state index in [1.165, 1.54) is 17.7 Å². The molecule has 1 aliphatic carbocycles. The number of allylic oxidation sites excluding steroid dienone is 2. The van der Waals surface area contributed by atoms with Gasteiger partial charge in [-0.25, -0.2) is 0 Å². The minimum Gasteiger partial charge on any atom is -0.347 e. The van der Waals surface area contributed by atoms with Crippen LogP contribution in [0.2, 0.25) is 0 Å². The van der Waals surface area contributed by atoms with Crippen molar-refractivity contribution in [3.05, 3.63) is 41.6 Å². The Morgan fingerprint density at radius 3 is 2.58 bits per heavy atom. The molecule has 1 aliphatic heterocycles. The lowest BCUT2D eigenvalue weighted by molar-refractivity contribution is -0.120. The van der Waals surface area contributed by atoms with Crippen molar-refractivity contribution >= 4 is 11.5 Å². The number of para-hydroxylation sites is 1. The summed E-state index contributed by atoms with van der Waals surface area (Å²) in [5.74, 6) is 0.592. The van der Waals surface area contributed by atoms with Gasteiger partial charge in [-0.05, 0) is 24.5 Å². The summed E-state index contributed by atoms with van der Waals surface area (Å²) in [5.41, 5.74) is 3.58. The summed E-state index contributed by atoms with van der Waals surface area (Å²) >= 11 is 0. The maximum absolute atomic E-state index is 12.3. The third kappa shape index (κ3) is 1.81. The SMILES string of the molecule is CN1/C(=C\C(=O)C2CCC2)C(C)(C)c2ccccc21. The zero-order valence-corrected chi connectivity index (χ0v) is 11.9. The van der Waals surface area contributed by atoms with Crippen molar-refractivity contribution in [3.63, 3.8) is 0 Å². The number of ketones is 1. The molecule has 0 radical (unpaired) electrons. The Balaban J connectivity index is 1.99. The Morgan fingerprint density at radius 1 is 1.32 bits per heavy atom. The summed E-state index contributed by atoms with van der Waals surface area (Å²) in [5, 5.41) is 0. The molecule has 1 aromatic carbocycles. The number of hydrogen-bond donors (Lipinski definition) is 0. The quantitative estimate of drug-likeness (QED) is 0.752. The fourth-order valence-corrected chi connectivity index (χ4v) is 3.20. The molecule has 0 bridgehead atoms. The van der Waals surface area contributed by atoms with Crippen molar-refractivity contribution < 1.29 is 4.79 Å². The highest BCUT2D eigenvalue weighted by Crippen LogP contribution is 2.46. The van der Waals surface area contributed by atoms with Crippen molar-refractivity contribution in [2.24, 2.45) is 5.92 Å². The van der Waals surface area contributed by atoms with E-state index in [4.69, 9.17) is 0 Å². The van der Waals surface area contributed by atoms with Crippen LogP contribution < -0.4 is 4.90 Å². The predicted octanol–water partition coefficient (Wildman–Crippen LogP) is 3.67. The van der Waals surface area contributed by atoms with Crippen LogP contribution in [0.3, 0.4) is 0 Å². The topological polar surface area (TPSA) is 20.3 Å². The largest absolute Gasteiger partial charge is 0.347 e. The van der Waals surface area contributed by atoms with Crippen LogP contribution in [0.25, 0.3) is 0 Å². The Bertz CT molecular complexity index is 552. The summed E-state index contributed by atoms with van der Waals surface area (Å²) in [4.78, 5) is 14.4. The Labute approximate surface area is 115 Å². The van der Waals surface area contributed by atoms with E-state index in [0.717, 1.165) is 18.5 Å². The highest BCUT2D eigenvalue weighted by molar-refractivity contribution is 5.94. The number of benzene rings is 1. The molecule has 0 saturated heterocycles.